The molecule has 0 unspecified atom stereocenters. The number of aromatic nitrogens is 2. The highest BCUT2D eigenvalue weighted by Crippen LogP contribution is 2.24. The molecule has 0 atom stereocenters. The summed E-state index contributed by atoms with van der Waals surface area (Å²) >= 11 is 6.22. The molecule has 3 aromatic rings. The topological polar surface area (TPSA) is 68.0 Å². The van der Waals surface area contributed by atoms with Crippen LogP contribution in [0.25, 0.3) is 11.5 Å². The summed E-state index contributed by atoms with van der Waals surface area (Å²) in [6.07, 6.45) is 0. The van der Waals surface area contributed by atoms with Crippen LogP contribution in [0.1, 0.15) is 4.88 Å². The van der Waals surface area contributed by atoms with Crippen LogP contribution >= 0.6 is 39.0 Å². The number of nitrogens with zero attached hydrogens (tertiary/aromatic N) is 2. The van der Waals surface area contributed by atoms with Crippen molar-refractivity contribution < 1.29 is 9.21 Å². The number of hydrogen-bond acceptors (Lipinski definition) is 6. The smallest absolute Gasteiger partial charge is 0.277 e. The first-order valence-corrected chi connectivity index (χ1v) is 9.38. The monoisotopic (exact) mass is 409 g/mol. The van der Waals surface area contributed by atoms with Gasteiger partial charge in [-0.3, -0.25) is 4.79 Å². The zero-order valence-electron chi connectivity index (χ0n) is 11.9. The van der Waals surface area contributed by atoms with E-state index in [1.165, 1.54) is 11.8 Å². The maximum atomic E-state index is 11.8. The summed E-state index contributed by atoms with van der Waals surface area (Å²) in [7, 11) is 0. The molecule has 23 heavy (non-hydrogen) atoms. The van der Waals surface area contributed by atoms with Gasteiger partial charge in [0.15, 0.2) is 0 Å². The van der Waals surface area contributed by atoms with Crippen LogP contribution in [0.2, 0.25) is 0 Å². The van der Waals surface area contributed by atoms with Gasteiger partial charge in [-0.1, -0.05) is 33.8 Å². The van der Waals surface area contributed by atoms with Gasteiger partial charge in [0, 0.05) is 14.9 Å². The Hall–Kier alpha value is -1.64. The third-order valence-electron chi connectivity index (χ3n) is 2.86. The Morgan fingerprint density at radius 3 is 2.83 bits per heavy atom. The van der Waals surface area contributed by atoms with Crippen molar-refractivity contribution in [3.63, 3.8) is 0 Å². The highest BCUT2D eigenvalue weighted by Gasteiger charge is 2.11. The van der Waals surface area contributed by atoms with E-state index in [2.05, 4.69) is 31.4 Å². The van der Waals surface area contributed by atoms with Gasteiger partial charge in [-0.15, -0.1) is 21.5 Å². The molecule has 0 bridgehead atoms. The normalized spacial score (nSPS) is 10.7. The molecule has 5 nitrogen and oxygen atoms in total. The first-order valence-electron chi connectivity index (χ1n) is 6.72. The highest BCUT2D eigenvalue weighted by molar-refractivity contribution is 9.10. The summed E-state index contributed by atoms with van der Waals surface area (Å²) in [5.41, 5.74) is 0.842. The molecule has 3 rings (SSSR count). The van der Waals surface area contributed by atoms with E-state index in [-0.39, 0.29) is 11.7 Å². The molecule has 0 aliphatic heterocycles. The molecule has 1 aromatic carbocycles. The number of carbonyl (C=O) groups excluding carboxylic acids is 1. The summed E-state index contributed by atoms with van der Waals surface area (Å²) < 4.78 is 6.54. The molecule has 2 heterocycles. The summed E-state index contributed by atoms with van der Waals surface area (Å²) in [6.45, 7) is 0.547. The van der Waals surface area contributed by atoms with Crippen molar-refractivity contribution in [3.05, 3.63) is 51.1 Å². The summed E-state index contributed by atoms with van der Waals surface area (Å²) in [5, 5.41) is 13.2. The maximum absolute atomic E-state index is 11.8. The largest absolute Gasteiger partial charge is 0.411 e. The Bertz CT molecular complexity index is 772. The van der Waals surface area contributed by atoms with E-state index in [1.807, 2.05) is 41.8 Å². The van der Waals surface area contributed by atoms with Gasteiger partial charge in [0.1, 0.15) is 0 Å². The van der Waals surface area contributed by atoms with Gasteiger partial charge in [0.2, 0.25) is 11.8 Å². The zero-order valence-corrected chi connectivity index (χ0v) is 15.1. The molecule has 0 spiro atoms. The number of benzene rings is 1. The number of amides is 1. The van der Waals surface area contributed by atoms with Gasteiger partial charge in [-0.25, -0.2) is 0 Å². The number of carbonyl (C=O) groups is 1. The molecule has 0 fully saturated rings. The lowest BCUT2D eigenvalue weighted by atomic mass is 10.2. The van der Waals surface area contributed by atoms with E-state index < -0.39 is 0 Å². The van der Waals surface area contributed by atoms with Crippen LogP contribution in [0.4, 0.5) is 0 Å². The van der Waals surface area contributed by atoms with E-state index in [0.29, 0.717) is 17.7 Å². The highest BCUT2D eigenvalue weighted by atomic mass is 79.9. The average molecular weight is 410 g/mol. The van der Waals surface area contributed by atoms with Crippen LogP contribution in [0, 0.1) is 0 Å². The molecule has 0 radical (unpaired) electrons. The molecule has 0 aliphatic rings. The fourth-order valence-electron chi connectivity index (χ4n) is 1.75. The van der Waals surface area contributed by atoms with Gasteiger partial charge in [-0.05, 0) is 35.7 Å². The molecule has 1 N–H and O–H groups in total. The van der Waals surface area contributed by atoms with Crippen molar-refractivity contribution >= 4 is 44.9 Å². The van der Waals surface area contributed by atoms with Gasteiger partial charge < -0.3 is 9.73 Å². The molecule has 0 aliphatic carbocycles. The number of halogens is 1. The first kappa shape index (κ1) is 16.2. The molecule has 118 valence electrons. The lowest BCUT2D eigenvalue weighted by Crippen LogP contribution is -2.24. The number of nitrogens with one attached hydrogen (secondary N) is 1. The summed E-state index contributed by atoms with van der Waals surface area (Å²) in [4.78, 5) is 12.9. The molecule has 2 aromatic heterocycles. The minimum Gasteiger partial charge on any atom is -0.411 e. The molecule has 0 saturated heterocycles. The second-order valence-electron chi connectivity index (χ2n) is 4.52. The predicted molar refractivity (Wildman–Crippen MR) is 94.3 cm³/mol. The van der Waals surface area contributed by atoms with Gasteiger partial charge in [-0.2, -0.15) is 0 Å². The minimum atomic E-state index is -0.0632. The molecule has 1 amide bonds. The van der Waals surface area contributed by atoms with Crippen LogP contribution in [0.15, 0.2) is 55.9 Å². The van der Waals surface area contributed by atoms with Crippen LogP contribution < -0.4 is 5.32 Å². The second-order valence-corrected chi connectivity index (χ2v) is 7.40. The van der Waals surface area contributed by atoms with E-state index in [1.54, 1.807) is 11.3 Å². The first-order chi connectivity index (χ1) is 11.2. The molecular formula is C15H12BrN3O2S2. The molecule has 0 saturated carbocycles. The van der Waals surface area contributed by atoms with E-state index in [0.717, 1.165) is 14.9 Å². The standard InChI is InChI=1S/C15H12BrN3O2S2/c16-11-5-3-10(4-6-11)14-18-19-15(21-14)23-9-13(20)17-8-12-2-1-7-22-12/h1-7H,8-9H2,(H,17,20). The van der Waals surface area contributed by atoms with Gasteiger partial charge in [0.05, 0.1) is 12.3 Å². The Morgan fingerprint density at radius 1 is 1.26 bits per heavy atom. The van der Waals surface area contributed by atoms with Crippen LogP contribution in [-0.4, -0.2) is 21.9 Å². The third kappa shape index (κ3) is 4.66. The Morgan fingerprint density at radius 2 is 2.09 bits per heavy atom. The zero-order chi connectivity index (χ0) is 16.1. The van der Waals surface area contributed by atoms with Crippen molar-refractivity contribution in [3.8, 4) is 11.5 Å². The average Bonchev–Trinajstić information content (AvgIpc) is 3.23. The lowest BCUT2D eigenvalue weighted by Gasteiger charge is -2.01. The lowest BCUT2D eigenvalue weighted by molar-refractivity contribution is -0.118. The third-order valence-corrected chi connectivity index (χ3v) is 5.09. The predicted octanol–water partition coefficient (Wildman–Crippen LogP) is 3.97. The molecule has 8 heteroatoms. The summed E-state index contributed by atoms with van der Waals surface area (Å²) in [5.74, 6) is 0.624. The van der Waals surface area contributed by atoms with Gasteiger partial charge in [0.25, 0.3) is 5.22 Å². The van der Waals surface area contributed by atoms with E-state index in [4.69, 9.17) is 4.42 Å². The Labute approximate surface area is 149 Å². The number of hydrogen-bond donors (Lipinski definition) is 1. The summed E-state index contributed by atoms with van der Waals surface area (Å²) in [6, 6.07) is 11.5. The number of thioether (sulfide) groups is 1. The Balaban J connectivity index is 1.50. The van der Waals surface area contributed by atoms with Crippen LogP contribution in [0.5, 0.6) is 0 Å². The van der Waals surface area contributed by atoms with Crippen molar-refractivity contribution in [1.82, 2.24) is 15.5 Å². The fraction of sp³-hybridized carbons (Fsp3) is 0.133. The number of thiophene rings is 1. The van der Waals surface area contributed by atoms with Crippen molar-refractivity contribution in [2.45, 2.75) is 11.8 Å². The SMILES string of the molecule is O=C(CSc1nnc(-c2ccc(Br)cc2)o1)NCc1cccs1. The van der Waals surface area contributed by atoms with Crippen molar-refractivity contribution in [2.75, 3.05) is 5.75 Å². The quantitative estimate of drug-likeness (QED) is 0.623. The molecular weight excluding hydrogens is 398 g/mol. The van der Waals surface area contributed by atoms with Crippen molar-refractivity contribution in [1.29, 1.82) is 0 Å². The van der Waals surface area contributed by atoms with Crippen LogP contribution in [0.3, 0.4) is 0 Å². The van der Waals surface area contributed by atoms with E-state index >= 15 is 0 Å². The van der Waals surface area contributed by atoms with Gasteiger partial charge >= 0.3 is 0 Å². The van der Waals surface area contributed by atoms with Crippen LogP contribution in [-0.2, 0) is 11.3 Å². The fourth-order valence-corrected chi connectivity index (χ4v) is 3.26. The second kappa shape index (κ2) is 7.76. The Kier molecular flexibility index (Phi) is 5.47. The van der Waals surface area contributed by atoms with E-state index in [9.17, 15) is 4.79 Å². The maximum Gasteiger partial charge on any atom is 0.277 e. The minimum absolute atomic E-state index is 0.0632. The van der Waals surface area contributed by atoms with Crippen molar-refractivity contribution in [2.24, 2.45) is 0 Å². The number of rotatable bonds is 6.